The molecule has 1 atom stereocenters. The molecule has 0 aliphatic heterocycles. The Hall–Kier alpha value is -0.120. The molecule has 3 heteroatoms. The highest BCUT2D eigenvalue weighted by Gasteiger charge is 2.00. The summed E-state index contributed by atoms with van der Waals surface area (Å²) in [5, 5.41) is 3.51. The van der Waals surface area contributed by atoms with Crippen molar-refractivity contribution in [1.29, 1.82) is 0 Å². The van der Waals surface area contributed by atoms with Crippen LogP contribution < -0.4 is 5.32 Å². The van der Waals surface area contributed by atoms with Gasteiger partial charge in [0.2, 0.25) is 0 Å². The molecule has 1 N–H and O–H groups in total. The fourth-order valence-electron chi connectivity index (χ4n) is 1.41. The van der Waals surface area contributed by atoms with Crippen molar-refractivity contribution < 1.29 is 0 Å². The Kier molecular flexibility index (Phi) is 9.06. The number of hydrogen-bond donors (Lipinski definition) is 1. The van der Waals surface area contributed by atoms with Crippen molar-refractivity contribution in [3.63, 3.8) is 0 Å². The van der Waals surface area contributed by atoms with Crippen molar-refractivity contribution in [2.24, 2.45) is 0 Å². The molecule has 15 heavy (non-hydrogen) atoms. The number of hydrogen-bond acceptors (Lipinski definition) is 3. The SMILES string of the molecule is CCC(C)NCCN(C)CCCN(C)C. The van der Waals surface area contributed by atoms with E-state index in [1.54, 1.807) is 0 Å². The molecule has 0 aromatic rings. The van der Waals surface area contributed by atoms with Crippen molar-refractivity contribution >= 4 is 0 Å². The Balaban J connectivity index is 3.29. The number of likely N-dealkylation sites (N-methyl/N-ethyl adjacent to an activating group) is 1. The molecule has 0 spiro atoms. The van der Waals surface area contributed by atoms with Crippen LogP contribution in [0.1, 0.15) is 26.7 Å². The first-order valence-corrected chi connectivity index (χ1v) is 6.13. The summed E-state index contributed by atoms with van der Waals surface area (Å²) >= 11 is 0. The van der Waals surface area contributed by atoms with Crippen molar-refractivity contribution in [1.82, 2.24) is 15.1 Å². The van der Waals surface area contributed by atoms with Crippen LogP contribution in [0.5, 0.6) is 0 Å². The first kappa shape index (κ1) is 14.9. The van der Waals surface area contributed by atoms with E-state index in [4.69, 9.17) is 0 Å². The Bertz CT molecular complexity index is 137. The Morgan fingerprint density at radius 2 is 1.73 bits per heavy atom. The summed E-state index contributed by atoms with van der Waals surface area (Å²) in [7, 11) is 6.46. The van der Waals surface area contributed by atoms with Gasteiger partial charge in [-0.15, -0.1) is 0 Å². The van der Waals surface area contributed by atoms with E-state index in [0.29, 0.717) is 6.04 Å². The minimum Gasteiger partial charge on any atom is -0.313 e. The molecule has 92 valence electrons. The van der Waals surface area contributed by atoms with Gasteiger partial charge in [-0.3, -0.25) is 0 Å². The van der Waals surface area contributed by atoms with Gasteiger partial charge < -0.3 is 15.1 Å². The van der Waals surface area contributed by atoms with E-state index < -0.39 is 0 Å². The van der Waals surface area contributed by atoms with Gasteiger partial charge >= 0.3 is 0 Å². The summed E-state index contributed by atoms with van der Waals surface area (Å²) < 4.78 is 0. The molecule has 0 bridgehead atoms. The zero-order chi connectivity index (χ0) is 11.7. The van der Waals surface area contributed by atoms with E-state index in [1.807, 2.05) is 0 Å². The van der Waals surface area contributed by atoms with E-state index in [2.05, 4.69) is 50.1 Å². The molecule has 0 amide bonds. The van der Waals surface area contributed by atoms with Crippen LogP contribution in [0.3, 0.4) is 0 Å². The van der Waals surface area contributed by atoms with Crippen LogP contribution in [0, 0.1) is 0 Å². The predicted molar refractivity (Wildman–Crippen MR) is 68.4 cm³/mol. The summed E-state index contributed by atoms with van der Waals surface area (Å²) in [6, 6.07) is 0.653. The van der Waals surface area contributed by atoms with Gasteiger partial charge in [-0.2, -0.15) is 0 Å². The molecule has 0 fully saturated rings. The largest absolute Gasteiger partial charge is 0.313 e. The smallest absolute Gasteiger partial charge is 0.0104 e. The minimum atomic E-state index is 0.653. The van der Waals surface area contributed by atoms with Gasteiger partial charge in [0.05, 0.1) is 0 Å². The lowest BCUT2D eigenvalue weighted by Gasteiger charge is -2.19. The highest BCUT2D eigenvalue weighted by atomic mass is 15.1. The van der Waals surface area contributed by atoms with Crippen LogP contribution in [-0.4, -0.2) is 63.2 Å². The van der Waals surface area contributed by atoms with Gasteiger partial charge in [-0.25, -0.2) is 0 Å². The van der Waals surface area contributed by atoms with Crippen LogP contribution in [0.2, 0.25) is 0 Å². The number of rotatable bonds is 9. The molecule has 0 saturated carbocycles. The summed E-state index contributed by atoms with van der Waals surface area (Å²) in [6.45, 7) is 9.10. The number of nitrogens with one attached hydrogen (secondary N) is 1. The number of nitrogens with zero attached hydrogens (tertiary/aromatic N) is 2. The molecule has 0 radical (unpaired) electrons. The molecule has 0 aliphatic carbocycles. The normalized spacial score (nSPS) is 13.8. The molecule has 1 unspecified atom stereocenters. The lowest BCUT2D eigenvalue weighted by Crippen LogP contribution is -2.34. The Morgan fingerprint density at radius 3 is 2.27 bits per heavy atom. The van der Waals surface area contributed by atoms with Crippen molar-refractivity contribution in [3.8, 4) is 0 Å². The summed E-state index contributed by atoms with van der Waals surface area (Å²) in [5.74, 6) is 0. The van der Waals surface area contributed by atoms with Crippen LogP contribution >= 0.6 is 0 Å². The average molecular weight is 215 g/mol. The van der Waals surface area contributed by atoms with Crippen LogP contribution in [0.4, 0.5) is 0 Å². The zero-order valence-electron chi connectivity index (χ0n) is 11.2. The molecule has 0 aromatic carbocycles. The maximum atomic E-state index is 3.51. The standard InChI is InChI=1S/C12H29N3/c1-6-12(2)13-8-11-15(5)10-7-9-14(3)4/h12-13H,6-11H2,1-5H3. The van der Waals surface area contributed by atoms with Crippen LogP contribution in [-0.2, 0) is 0 Å². The van der Waals surface area contributed by atoms with Gasteiger partial charge in [0.1, 0.15) is 0 Å². The second kappa shape index (κ2) is 9.13. The molecule has 0 saturated heterocycles. The van der Waals surface area contributed by atoms with E-state index in [9.17, 15) is 0 Å². The molecule has 0 heterocycles. The second-order valence-electron chi connectivity index (χ2n) is 4.72. The van der Waals surface area contributed by atoms with Crippen LogP contribution in [0.15, 0.2) is 0 Å². The zero-order valence-corrected chi connectivity index (χ0v) is 11.2. The third-order valence-corrected chi connectivity index (χ3v) is 2.74. The Labute approximate surface area is 95.8 Å². The molecular weight excluding hydrogens is 186 g/mol. The maximum absolute atomic E-state index is 3.51. The topological polar surface area (TPSA) is 18.5 Å². The minimum absolute atomic E-state index is 0.653. The molecule has 3 nitrogen and oxygen atoms in total. The fraction of sp³-hybridized carbons (Fsp3) is 1.00. The third-order valence-electron chi connectivity index (χ3n) is 2.74. The first-order valence-electron chi connectivity index (χ1n) is 6.13. The van der Waals surface area contributed by atoms with Gasteiger partial charge in [-0.05, 0) is 54.0 Å². The molecule has 0 rings (SSSR count). The molecule has 0 aromatic heterocycles. The van der Waals surface area contributed by atoms with Gasteiger partial charge in [0, 0.05) is 19.1 Å². The molecular formula is C12H29N3. The predicted octanol–water partition coefficient (Wildman–Crippen LogP) is 1.26. The van der Waals surface area contributed by atoms with Crippen molar-refractivity contribution in [2.75, 3.05) is 47.3 Å². The third kappa shape index (κ3) is 10.2. The second-order valence-corrected chi connectivity index (χ2v) is 4.72. The molecule has 0 aliphatic rings. The quantitative estimate of drug-likeness (QED) is 0.625. The van der Waals surface area contributed by atoms with E-state index in [-0.39, 0.29) is 0 Å². The highest BCUT2D eigenvalue weighted by Crippen LogP contribution is 1.90. The van der Waals surface area contributed by atoms with Crippen molar-refractivity contribution in [2.45, 2.75) is 32.7 Å². The Morgan fingerprint density at radius 1 is 1.07 bits per heavy atom. The average Bonchev–Trinajstić information content (AvgIpc) is 2.17. The van der Waals surface area contributed by atoms with Crippen molar-refractivity contribution in [3.05, 3.63) is 0 Å². The fourth-order valence-corrected chi connectivity index (χ4v) is 1.41. The summed E-state index contributed by atoms with van der Waals surface area (Å²) in [5.41, 5.74) is 0. The highest BCUT2D eigenvalue weighted by molar-refractivity contribution is 4.60. The van der Waals surface area contributed by atoms with E-state index in [1.165, 1.54) is 25.9 Å². The summed E-state index contributed by atoms with van der Waals surface area (Å²) in [6.07, 6.45) is 2.47. The first-order chi connectivity index (χ1) is 7.06. The van der Waals surface area contributed by atoms with E-state index in [0.717, 1.165) is 13.1 Å². The van der Waals surface area contributed by atoms with Gasteiger partial charge in [0.25, 0.3) is 0 Å². The van der Waals surface area contributed by atoms with Gasteiger partial charge in [0.15, 0.2) is 0 Å². The van der Waals surface area contributed by atoms with Gasteiger partial charge in [-0.1, -0.05) is 6.92 Å². The lowest BCUT2D eigenvalue weighted by molar-refractivity contribution is 0.295. The monoisotopic (exact) mass is 215 g/mol. The summed E-state index contributed by atoms with van der Waals surface area (Å²) in [4.78, 5) is 4.64. The van der Waals surface area contributed by atoms with E-state index >= 15 is 0 Å². The maximum Gasteiger partial charge on any atom is 0.0104 e. The lowest BCUT2D eigenvalue weighted by atomic mass is 10.2. The van der Waals surface area contributed by atoms with Crippen LogP contribution in [0.25, 0.3) is 0 Å².